The van der Waals surface area contributed by atoms with Gasteiger partial charge in [-0.1, -0.05) is 19.8 Å². The first-order valence-corrected chi connectivity index (χ1v) is 14.5. The minimum atomic E-state index is -1.34. The van der Waals surface area contributed by atoms with Crippen molar-refractivity contribution in [3.05, 3.63) is 0 Å². The van der Waals surface area contributed by atoms with Crippen LogP contribution >= 0.6 is 0 Å². The van der Waals surface area contributed by atoms with E-state index in [1.165, 1.54) is 13.8 Å². The summed E-state index contributed by atoms with van der Waals surface area (Å²) in [6.07, 6.45) is -6.45. The summed E-state index contributed by atoms with van der Waals surface area (Å²) in [7, 11) is 0. The molecular weight excluding hydrogens is 574 g/mol. The van der Waals surface area contributed by atoms with E-state index < -0.39 is 91.0 Å². The van der Waals surface area contributed by atoms with E-state index in [1.54, 1.807) is 13.8 Å². The van der Waals surface area contributed by atoms with Crippen LogP contribution in [0.15, 0.2) is 0 Å². The average Bonchev–Trinajstić information content (AvgIpc) is 3.37. The number of hydrogen-bond acceptors (Lipinski definition) is 14. The number of fused-ring (bicyclic) bond motifs is 1. The molecule has 0 aromatic heterocycles. The van der Waals surface area contributed by atoms with E-state index in [-0.39, 0.29) is 13.2 Å². The highest BCUT2D eigenvalue weighted by atomic mass is 16.8. The fourth-order valence-corrected chi connectivity index (χ4v) is 5.30. The maximum absolute atomic E-state index is 12.2. The molecule has 10 atom stereocenters. The average molecular weight is 620 g/mol. The van der Waals surface area contributed by atoms with Gasteiger partial charge in [-0.25, -0.2) is 0 Å². The van der Waals surface area contributed by atoms with Crippen molar-refractivity contribution in [2.24, 2.45) is 0 Å². The Morgan fingerprint density at radius 3 is 2.16 bits per heavy atom. The Morgan fingerprint density at radius 1 is 0.884 bits per heavy atom. The van der Waals surface area contributed by atoms with Gasteiger partial charge in [-0.3, -0.25) is 19.2 Å². The van der Waals surface area contributed by atoms with Crippen molar-refractivity contribution in [2.45, 2.75) is 135 Å². The van der Waals surface area contributed by atoms with Gasteiger partial charge in [-0.2, -0.15) is 0 Å². The standard InChI is InChI=1S/C28H45NO14/c1-8-9-10-11-35-24-21(41-27-25(24)42-28(6,7)43-27)18(34)12-37-26-20(29-14(2)30)23(39-17(5)33)22(38-16(4)32)19(40-26)13-36-15(3)31/h18-27,34H,8-13H2,1-7H3,(H,29,30)/t18-,19-,20-,21-,22-,23-,24+,25-,26-,27-/m1/s1. The topological polar surface area (TPSA) is 184 Å². The van der Waals surface area contributed by atoms with E-state index in [2.05, 4.69) is 12.2 Å². The Morgan fingerprint density at radius 2 is 1.56 bits per heavy atom. The summed E-state index contributed by atoms with van der Waals surface area (Å²) in [6, 6.07) is -1.18. The van der Waals surface area contributed by atoms with Crippen molar-refractivity contribution in [1.82, 2.24) is 5.32 Å². The Bertz CT molecular complexity index is 975. The van der Waals surface area contributed by atoms with Crippen LogP contribution in [-0.4, -0.2) is 116 Å². The number of carbonyl (C=O) groups is 4. The molecule has 0 aromatic carbocycles. The van der Waals surface area contributed by atoms with Gasteiger partial charge in [0, 0.05) is 34.3 Å². The number of ether oxygens (including phenoxy) is 9. The molecule has 2 N–H and O–H groups in total. The van der Waals surface area contributed by atoms with Gasteiger partial charge in [-0.05, 0) is 20.3 Å². The molecule has 15 nitrogen and oxygen atoms in total. The van der Waals surface area contributed by atoms with Crippen LogP contribution < -0.4 is 5.32 Å². The Balaban J connectivity index is 1.80. The summed E-state index contributed by atoms with van der Waals surface area (Å²) in [4.78, 5) is 47.7. The minimum Gasteiger partial charge on any atom is -0.463 e. The monoisotopic (exact) mass is 619 g/mol. The van der Waals surface area contributed by atoms with Crippen LogP contribution in [0.4, 0.5) is 0 Å². The smallest absolute Gasteiger partial charge is 0.303 e. The zero-order valence-electron chi connectivity index (χ0n) is 25.8. The molecule has 246 valence electrons. The predicted molar refractivity (Wildman–Crippen MR) is 144 cm³/mol. The highest BCUT2D eigenvalue weighted by molar-refractivity contribution is 5.73. The molecule has 15 heteroatoms. The first kappa shape index (κ1) is 35.1. The number of esters is 3. The van der Waals surface area contributed by atoms with Crippen LogP contribution in [-0.2, 0) is 61.8 Å². The van der Waals surface area contributed by atoms with Crippen molar-refractivity contribution in [3.63, 3.8) is 0 Å². The molecule has 0 radical (unpaired) electrons. The minimum absolute atomic E-state index is 0.381. The van der Waals surface area contributed by atoms with Crippen LogP contribution in [0.5, 0.6) is 0 Å². The molecule has 3 aliphatic rings. The number of hydrogen-bond donors (Lipinski definition) is 2. The van der Waals surface area contributed by atoms with Gasteiger partial charge in [0.25, 0.3) is 0 Å². The number of aliphatic hydroxyl groups excluding tert-OH is 1. The molecule has 43 heavy (non-hydrogen) atoms. The van der Waals surface area contributed by atoms with Gasteiger partial charge in [-0.15, -0.1) is 0 Å². The van der Waals surface area contributed by atoms with Gasteiger partial charge >= 0.3 is 17.9 Å². The van der Waals surface area contributed by atoms with Crippen molar-refractivity contribution in [3.8, 4) is 0 Å². The molecular formula is C28H45NO14. The summed E-state index contributed by atoms with van der Waals surface area (Å²) in [5.41, 5.74) is 0. The summed E-state index contributed by atoms with van der Waals surface area (Å²) in [5, 5.41) is 13.8. The van der Waals surface area contributed by atoms with Gasteiger partial charge in [0.15, 0.2) is 30.6 Å². The number of amides is 1. The lowest BCUT2D eigenvalue weighted by Crippen LogP contribution is -2.66. The Hall–Kier alpha value is -2.40. The summed E-state index contributed by atoms with van der Waals surface area (Å²) in [6.45, 7) is 9.96. The number of nitrogens with one attached hydrogen (secondary N) is 1. The molecule has 0 aliphatic carbocycles. The number of aliphatic hydroxyl groups is 1. The molecule has 0 bridgehead atoms. The Kier molecular flexibility index (Phi) is 12.7. The van der Waals surface area contributed by atoms with E-state index in [0.29, 0.717) is 6.61 Å². The summed E-state index contributed by atoms with van der Waals surface area (Å²) >= 11 is 0. The molecule has 3 saturated heterocycles. The lowest BCUT2D eigenvalue weighted by Gasteiger charge is -2.45. The molecule has 3 rings (SSSR count). The predicted octanol–water partition coefficient (Wildman–Crippen LogP) is 0.472. The summed E-state index contributed by atoms with van der Waals surface area (Å²) < 4.78 is 51.9. The lowest BCUT2D eigenvalue weighted by atomic mass is 9.96. The maximum Gasteiger partial charge on any atom is 0.303 e. The molecule has 3 aliphatic heterocycles. The third-order valence-electron chi connectivity index (χ3n) is 6.97. The van der Waals surface area contributed by atoms with Crippen molar-refractivity contribution in [2.75, 3.05) is 19.8 Å². The third-order valence-corrected chi connectivity index (χ3v) is 6.97. The molecule has 0 spiro atoms. The first-order chi connectivity index (χ1) is 20.2. The van der Waals surface area contributed by atoms with Crippen LogP contribution in [0.3, 0.4) is 0 Å². The molecule has 0 aromatic rings. The van der Waals surface area contributed by atoms with Crippen LogP contribution in [0, 0.1) is 0 Å². The van der Waals surface area contributed by atoms with E-state index in [0.717, 1.165) is 33.1 Å². The molecule has 3 heterocycles. The maximum atomic E-state index is 12.2. The van der Waals surface area contributed by atoms with Gasteiger partial charge in [0.2, 0.25) is 5.91 Å². The zero-order valence-corrected chi connectivity index (χ0v) is 25.8. The van der Waals surface area contributed by atoms with Crippen LogP contribution in [0.2, 0.25) is 0 Å². The third kappa shape index (κ3) is 9.80. The highest BCUT2D eigenvalue weighted by Gasteiger charge is 2.57. The number of unbranched alkanes of at least 4 members (excludes halogenated alkanes) is 2. The zero-order chi connectivity index (χ0) is 31.9. The van der Waals surface area contributed by atoms with Crippen LogP contribution in [0.25, 0.3) is 0 Å². The van der Waals surface area contributed by atoms with Gasteiger partial charge in [0.05, 0.1) is 6.61 Å². The number of carbonyl (C=O) groups excluding carboxylic acids is 4. The van der Waals surface area contributed by atoms with Crippen LogP contribution in [0.1, 0.15) is 67.7 Å². The largest absolute Gasteiger partial charge is 0.463 e. The molecule has 0 unspecified atom stereocenters. The summed E-state index contributed by atoms with van der Waals surface area (Å²) in [5.74, 6) is -3.51. The van der Waals surface area contributed by atoms with Crippen molar-refractivity contribution < 1.29 is 66.9 Å². The van der Waals surface area contributed by atoms with Crippen molar-refractivity contribution >= 4 is 23.8 Å². The second kappa shape index (κ2) is 15.5. The van der Waals surface area contributed by atoms with Gasteiger partial charge < -0.3 is 53.1 Å². The second-order valence-corrected chi connectivity index (χ2v) is 11.2. The molecule has 0 saturated carbocycles. The normalized spacial score (nSPS) is 33.7. The van der Waals surface area contributed by atoms with Gasteiger partial charge in [0.1, 0.15) is 43.2 Å². The quantitative estimate of drug-likeness (QED) is 0.155. The fraction of sp³-hybridized carbons (Fsp3) is 0.857. The number of rotatable bonds is 14. The fourth-order valence-electron chi connectivity index (χ4n) is 5.30. The molecule has 3 fully saturated rings. The first-order valence-electron chi connectivity index (χ1n) is 14.5. The molecule has 1 amide bonds. The van der Waals surface area contributed by atoms with E-state index >= 15 is 0 Å². The van der Waals surface area contributed by atoms with Crippen molar-refractivity contribution in [1.29, 1.82) is 0 Å². The van der Waals surface area contributed by atoms with E-state index in [1.807, 2.05) is 0 Å². The highest BCUT2D eigenvalue weighted by Crippen LogP contribution is 2.40. The Labute approximate surface area is 251 Å². The SMILES string of the molecule is CCCCCO[C@@H]1[C@H]2OC(C)(C)O[C@H]2O[C@@H]1[C@H](O)CO[C@@H]1O[C@H](COC(C)=O)[C@@H](OC(C)=O)[C@H](OC(C)=O)[C@H]1NC(C)=O. The van der Waals surface area contributed by atoms with E-state index in [4.69, 9.17) is 42.6 Å². The second-order valence-electron chi connectivity index (χ2n) is 11.2. The van der Waals surface area contributed by atoms with E-state index in [9.17, 15) is 24.3 Å². The lowest BCUT2D eigenvalue weighted by molar-refractivity contribution is -0.286.